The van der Waals surface area contributed by atoms with E-state index in [2.05, 4.69) is 0 Å². The van der Waals surface area contributed by atoms with E-state index < -0.39 is 11.2 Å². The first-order valence-electron chi connectivity index (χ1n) is 14.3. The number of rotatable bonds is 2. The van der Waals surface area contributed by atoms with Crippen molar-refractivity contribution in [1.29, 1.82) is 0 Å². The molecular formula is C32H42N2O6. The molecule has 2 aromatic carbocycles. The Bertz CT molecular complexity index is 1190. The molecule has 2 saturated heterocycles. The zero-order valence-corrected chi connectivity index (χ0v) is 24.4. The molecule has 2 N–H and O–H groups in total. The number of carbonyl (C=O) groups excluding carboxylic acids is 2. The van der Waals surface area contributed by atoms with Gasteiger partial charge in [-0.15, -0.1) is 0 Å². The number of aliphatic hydroxyl groups excluding tert-OH is 2. The summed E-state index contributed by atoms with van der Waals surface area (Å²) < 4.78 is 11.1. The number of amides is 2. The molecule has 0 aliphatic carbocycles. The summed E-state index contributed by atoms with van der Waals surface area (Å²) in [6, 6.07) is 12.5. The minimum Gasteiger partial charge on any atom is -0.444 e. The highest BCUT2D eigenvalue weighted by Gasteiger charge is 2.49. The number of hydrogen-bond acceptors (Lipinski definition) is 6. The van der Waals surface area contributed by atoms with Gasteiger partial charge in [-0.05, 0) is 101 Å². The molecule has 4 atom stereocenters. The van der Waals surface area contributed by atoms with E-state index in [9.17, 15) is 19.8 Å². The number of ether oxygens (including phenoxy) is 2. The maximum absolute atomic E-state index is 12.4. The monoisotopic (exact) mass is 550 g/mol. The summed E-state index contributed by atoms with van der Waals surface area (Å²) in [5.41, 5.74) is 5.65. The van der Waals surface area contributed by atoms with E-state index in [1.165, 1.54) is 22.3 Å². The van der Waals surface area contributed by atoms with Crippen molar-refractivity contribution in [2.75, 3.05) is 0 Å². The van der Waals surface area contributed by atoms with Crippen molar-refractivity contribution in [2.24, 2.45) is 0 Å². The van der Waals surface area contributed by atoms with Crippen molar-refractivity contribution in [3.05, 3.63) is 69.8 Å². The molecule has 2 aromatic rings. The molecule has 40 heavy (non-hydrogen) atoms. The highest BCUT2D eigenvalue weighted by Crippen LogP contribution is 2.54. The summed E-state index contributed by atoms with van der Waals surface area (Å²) in [6.07, 6.45) is 3.49. The third-order valence-corrected chi connectivity index (χ3v) is 8.08. The molecule has 2 fully saturated rings. The SMILES string of the molecule is CC(C)(C)OC(=O)N1C2CCC1c1cc(CO)ccc12.CC(C)(C)OC(=O)N1C2CCC1c1cc(CO)ccc12. The Hall–Kier alpha value is -3.10. The molecule has 4 unspecified atom stereocenters. The summed E-state index contributed by atoms with van der Waals surface area (Å²) >= 11 is 0. The molecule has 6 rings (SSSR count). The summed E-state index contributed by atoms with van der Waals surface area (Å²) in [5, 5.41) is 18.5. The van der Waals surface area contributed by atoms with Gasteiger partial charge in [-0.3, -0.25) is 9.80 Å². The van der Waals surface area contributed by atoms with Crippen LogP contribution >= 0.6 is 0 Å². The first kappa shape index (κ1) is 28.4. The third kappa shape index (κ3) is 5.31. The highest BCUT2D eigenvalue weighted by atomic mass is 16.6. The lowest BCUT2D eigenvalue weighted by atomic mass is 9.90. The van der Waals surface area contributed by atoms with Gasteiger partial charge in [0.05, 0.1) is 37.4 Å². The van der Waals surface area contributed by atoms with E-state index in [1.807, 2.05) is 87.7 Å². The smallest absolute Gasteiger partial charge is 0.411 e. The standard InChI is InChI=1S/2C16H21NO3/c2*1-16(2,3)20-15(19)17-13-6-7-14(17)12-8-10(9-18)4-5-11(12)13/h2*4-5,8,13-14,18H,6-7,9H2,1-3H3. The van der Waals surface area contributed by atoms with E-state index in [4.69, 9.17) is 9.47 Å². The number of aliphatic hydroxyl groups is 2. The van der Waals surface area contributed by atoms with Crippen LogP contribution < -0.4 is 0 Å². The summed E-state index contributed by atoms with van der Waals surface area (Å²) in [5.74, 6) is 0. The largest absolute Gasteiger partial charge is 0.444 e. The Kier molecular flexibility index (Phi) is 7.38. The van der Waals surface area contributed by atoms with Gasteiger partial charge < -0.3 is 19.7 Å². The van der Waals surface area contributed by atoms with Crippen molar-refractivity contribution >= 4 is 12.2 Å². The van der Waals surface area contributed by atoms with Crippen molar-refractivity contribution < 1.29 is 29.3 Å². The van der Waals surface area contributed by atoms with Gasteiger partial charge >= 0.3 is 12.2 Å². The van der Waals surface area contributed by atoms with E-state index in [-0.39, 0.29) is 49.6 Å². The topological polar surface area (TPSA) is 99.5 Å². The van der Waals surface area contributed by atoms with E-state index in [0.717, 1.165) is 36.8 Å². The second kappa shape index (κ2) is 10.4. The van der Waals surface area contributed by atoms with Crippen molar-refractivity contribution in [3.8, 4) is 0 Å². The van der Waals surface area contributed by atoms with Gasteiger partial charge in [0.1, 0.15) is 11.2 Å². The Morgan fingerprint density at radius 1 is 0.650 bits per heavy atom. The van der Waals surface area contributed by atoms with Crippen LogP contribution in [-0.2, 0) is 22.7 Å². The Morgan fingerprint density at radius 3 is 1.27 bits per heavy atom. The van der Waals surface area contributed by atoms with Crippen LogP contribution in [0.25, 0.3) is 0 Å². The fourth-order valence-corrected chi connectivity index (χ4v) is 6.61. The molecule has 0 spiro atoms. The van der Waals surface area contributed by atoms with Gasteiger partial charge in [0, 0.05) is 0 Å². The maximum atomic E-state index is 12.4. The lowest BCUT2D eigenvalue weighted by Crippen LogP contribution is -2.34. The number of hydrogen-bond donors (Lipinski definition) is 2. The van der Waals surface area contributed by atoms with Gasteiger partial charge in [0.2, 0.25) is 0 Å². The summed E-state index contributed by atoms with van der Waals surface area (Å²) in [7, 11) is 0. The lowest BCUT2D eigenvalue weighted by Gasteiger charge is -2.27. The maximum Gasteiger partial charge on any atom is 0.411 e. The first-order valence-corrected chi connectivity index (χ1v) is 14.3. The molecule has 4 heterocycles. The van der Waals surface area contributed by atoms with Gasteiger partial charge in [0.25, 0.3) is 0 Å². The predicted octanol–water partition coefficient (Wildman–Crippen LogP) is 6.61. The molecule has 2 amide bonds. The van der Waals surface area contributed by atoms with Crippen LogP contribution in [-0.4, -0.2) is 43.4 Å². The molecule has 4 aliphatic heterocycles. The predicted molar refractivity (Wildman–Crippen MR) is 150 cm³/mol. The van der Waals surface area contributed by atoms with Crippen molar-refractivity contribution in [2.45, 2.75) is 116 Å². The van der Waals surface area contributed by atoms with E-state index >= 15 is 0 Å². The van der Waals surface area contributed by atoms with Crippen LogP contribution in [0, 0.1) is 0 Å². The van der Waals surface area contributed by atoms with Gasteiger partial charge in [-0.25, -0.2) is 9.59 Å². The third-order valence-electron chi connectivity index (χ3n) is 8.08. The minimum atomic E-state index is -0.471. The molecule has 8 nitrogen and oxygen atoms in total. The normalized spacial score (nSPS) is 23.9. The fourth-order valence-electron chi connectivity index (χ4n) is 6.61. The second-order valence-electron chi connectivity index (χ2n) is 13.2. The van der Waals surface area contributed by atoms with Gasteiger partial charge in [-0.1, -0.05) is 36.4 Å². The molecule has 216 valence electrons. The zero-order chi connectivity index (χ0) is 29.0. The Morgan fingerprint density at radius 2 is 0.975 bits per heavy atom. The average molecular weight is 551 g/mol. The Balaban J connectivity index is 0.000000161. The Labute approximate surface area is 236 Å². The molecule has 0 radical (unpaired) electrons. The number of benzene rings is 2. The van der Waals surface area contributed by atoms with Crippen LogP contribution in [0.2, 0.25) is 0 Å². The molecule has 4 aliphatic rings. The highest BCUT2D eigenvalue weighted by molar-refractivity contribution is 5.73. The lowest BCUT2D eigenvalue weighted by molar-refractivity contribution is 0.0166. The first-order chi connectivity index (χ1) is 18.8. The van der Waals surface area contributed by atoms with Crippen LogP contribution in [0.1, 0.15) is 125 Å². The van der Waals surface area contributed by atoms with Crippen molar-refractivity contribution in [3.63, 3.8) is 0 Å². The molecule has 8 heteroatoms. The average Bonchev–Trinajstić information content (AvgIpc) is 3.64. The molecular weight excluding hydrogens is 508 g/mol. The van der Waals surface area contributed by atoms with E-state index in [1.54, 1.807) is 0 Å². The molecule has 0 aromatic heterocycles. The van der Waals surface area contributed by atoms with Crippen LogP contribution in [0.4, 0.5) is 9.59 Å². The quantitative estimate of drug-likeness (QED) is 0.436. The van der Waals surface area contributed by atoms with Gasteiger partial charge in [0.15, 0.2) is 0 Å². The summed E-state index contributed by atoms with van der Waals surface area (Å²) in [6.45, 7) is 11.4. The van der Waals surface area contributed by atoms with Crippen molar-refractivity contribution in [1.82, 2.24) is 9.80 Å². The van der Waals surface area contributed by atoms with Gasteiger partial charge in [-0.2, -0.15) is 0 Å². The molecule has 0 saturated carbocycles. The fraction of sp³-hybridized carbons (Fsp3) is 0.562. The van der Waals surface area contributed by atoms with Crippen LogP contribution in [0.5, 0.6) is 0 Å². The number of nitrogens with zero attached hydrogens (tertiary/aromatic N) is 2. The number of carbonyl (C=O) groups is 2. The minimum absolute atomic E-state index is 0.0388. The van der Waals surface area contributed by atoms with Crippen LogP contribution in [0.3, 0.4) is 0 Å². The summed E-state index contributed by atoms with van der Waals surface area (Å²) in [4.78, 5) is 28.5. The zero-order valence-electron chi connectivity index (χ0n) is 24.4. The number of fused-ring (bicyclic) bond motifs is 10. The second-order valence-corrected chi connectivity index (χ2v) is 13.2. The van der Waals surface area contributed by atoms with E-state index in [0.29, 0.717) is 0 Å². The van der Waals surface area contributed by atoms with Crippen LogP contribution in [0.15, 0.2) is 36.4 Å². The molecule has 4 bridgehead atoms.